The third-order valence-corrected chi connectivity index (χ3v) is 16.1. The van der Waals surface area contributed by atoms with Crippen molar-refractivity contribution in [3.63, 3.8) is 0 Å². The lowest BCUT2D eigenvalue weighted by atomic mass is 9.39. The fourth-order valence-electron chi connectivity index (χ4n) is 13.4. The van der Waals surface area contributed by atoms with Crippen LogP contribution in [0.1, 0.15) is 119 Å². The van der Waals surface area contributed by atoms with E-state index in [0.717, 1.165) is 70.9 Å². The Kier molecular flexibility index (Phi) is 10.0. The van der Waals surface area contributed by atoms with E-state index in [0.29, 0.717) is 31.4 Å². The molecule has 4 saturated carbocycles. The normalized spacial score (nSPS) is 48.9. The average Bonchev–Trinajstić information content (AvgIpc) is 3.25. The number of nitrogens with zero attached hydrogens (tertiary/aromatic N) is 1. The van der Waals surface area contributed by atoms with Crippen molar-refractivity contribution in [1.82, 2.24) is 10.2 Å². The van der Waals surface area contributed by atoms with Gasteiger partial charge < -0.3 is 34.5 Å². The number of rotatable bonds is 6. The van der Waals surface area contributed by atoms with Gasteiger partial charge in [-0.05, 0) is 111 Å². The van der Waals surface area contributed by atoms with Crippen molar-refractivity contribution in [2.45, 2.75) is 168 Å². The van der Waals surface area contributed by atoms with Crippen LogP contribution in [0.5, 0.6) is 0 Å². The number of aliphatic hydroxyl groups excluding tert-OH is 2. The van der Waals surface area contributed by atoms with E-state index in [1.165, 1.54) is 13.3 Å². The zero-order chi connectivity index (χ0) is 35.8. The van der Waals surface area contributed by atoms with E-state index < -0.39 is 30.4 Å². The monoisotopic (exact) mass is 702 g/mol. The van der Waals surface area contributed by atoms with Gasteiger partial charge in [0.15, 0.2) is 12.4 Å². The summed E-state index contributed by atoms with van der Waals surface area (Å²) in [5.74, 6) is 1.10. The predicted octanol–water partition coefficient (Wildman–Crippen LogP) is 4.82. The van der Waals surface area contributed by atoms with Crippen molar-refractivity contribution in [1.29, 1.82) is 0 Å². The first-order valence-electron chi connectivity index (χ1n) is 20.1. The van der Waals surface area contributed by atoms with Crippen LogP contribution in [-0.2, 0) is 28.5 Å². The SMILES string of the molecule is CC(=O)OC(C(C)O)C1CC(C)C2C(O1)C(O)C1(C)C3CCC4CC3(CCCC(OC3CN(C5CCCNC5=O)CCO3)C4(C)C)CCC21C. The molecule has 284 valence electrons. The molecule has 0 radical (unpaired) electrons. The van der Waals surface area contributed by atoms with E-state index in [4.69, 9.17) is 18.9 Å². The zero-order valence-corrected chi connectivity index (χ0v) is 31.8. The van der Waals surface area contributed by atoms with Gasteiger partial charge in [-0.15, -0.1) is 0 Å². The molecule has 3 aliphatic heterocycles. The summed E-state index contributed by atoms with van der Waals surface area (Å²) >= 11 is 0. The summed E-state index contributed by atoms with van der Waals surface area (Å²) in [6, 6.07) is -0.0832. The maximum absolute atomic E-state index is 12.6. The Balaban J connectivity index is 1.09. The molecule has 2 bridgehead atoms. The highest BCUT2D eigenvalue weighted by Gasteiger charge is 2.74. The fourth-order valence-corrected chi connectivity index (χ4v) is 13.4. The first kappa shape index (κ1) is 37.0. The molecule has 15 atom stereocenters. The van der Waals surface area contributed by atoms with Crippen molar-refractivity contribution in [3.8, 4) is 0 Å². The summed E-state index contributed by atoms with van der Waals surface area (Å²) in [5.41, 5.74) is -0.244. The molecule has 3 N–H and O–H groups in total. The molecular formula is C40H66N2O8. The van der Waals surface area contributed by atoms with E-state index in [-0.39, 0.29) is 63.9 Å². The van der Waals surface area contributed by atoms with Crippen LogP contribution in [0, 0.1) is 45.3 Å². The number of ether oxygens (including phenoxy) is 4. The Morgan fingerprint density at radius 1 is 1.08 bits per heavy atom. The lowest BCUT2D eigenvalue weighted by Gasteiger charge is -2.66. The maximum Gasteiger partial charge on any atom is 0.303 e. The highest BCUT2D eigenvalue weighted by Crippen LogP contribution is 2.76. The van der Waals surface area contributed by atoms with Gasteiger partial charge in [-0.1, -0.05) is 41.0 Å². The van der Waals surface area contributed by atoms with Gasteiger partial charge in [0, 0.05) is 25.4 Å². The Hall–Kier alpha value is -1.30. The summed E-state index contributed by atoms with van der Waals surface area (Å²) < 4.78 is 25.5. The number of fused-ring (bicyclic) bond motifs is 5. The second-order valence-electron chi connectivity index (χ2n) is 18.8. The minimum absolute atomic E-state index is 0.0340. The molecule has 15 unspecified atom stereocenters. The molecular weight excluding hydrogens is 636 g/mol. The third kappa shape index (κ3) is 5.89. The summed E-state index contributed by atoms with van der Waals surface area (Å²) in [7, 11) is 0. The number of amides is 1. The largest absolute Gasteiger partial charge is 0.457 e. The third-order valence-electron chi connectivity index (χ3n) is 16.1. The summed E-state index contributed by atoms with van der Waals surface area (Å²) in [6.45, 7) is 17.7. The number of hydrogen-bond donors (Lipinski definition) is 3. The molecule has 10 heteroatoms. The second-order valence-corrected chi connectivity index (χ2v) is 18.8. The predicted molar refractivity (Wildman–Crippen MR) is 188 cm³/mol. The number of hydrogen-bond acceptors (Lipinski definition) is 9. The minimum Gasteiger partial charge on any atom is -0.457 e. The molecule has 1 amide bonds. The lowest BCUT2D eigenvalue weighted by Crippen LogP contribution is -2.61. The van der Waals surface area contributed by atoms with Crippen LogP contribution < -0.4 is 5.32 Å². The quantitative estimate of drug-likeness (QED) is 0.334. The maximum atomic E-state index is 12.6. The molecule has 3 heterocycles. The molecule has 10 nitrogen and oxygen atoms in total. The number of piperidine rings is 1. The molecule has 0 aromatic rings. The zero-order valence-electron chi connectivity index (χ0n) is 31.8. The number of carbonyl (C=O) groups is 2. The highest BCUT2D eigenvalue weighted by atomic mass is 16.7. The van der Waals surface area contributed by atoms with E-state index in [9.17, 15) is 19.8 Å². The van der Waals surface area contributed by atoms with Gasteiger partial charge >= 0.3 is 5.97 Å². The first-order chi connectivity index (χ1) is 23.6. The number of aliphatic hydroxyl groups is 2. The Bertz CT molecular complexity index is 1280. The first-order valence-corrected chi connectivity index (χ1v) is 20.1. The summed E-state index contributed by atoms with van der Waals surface area (Å²) in [6.07, 6.45) is 8.21. The van der Waals surface area contributed by atoms with Gasteiger partial charge in [-0.2, -0.15) is 0 Å². The van der Waals surface area contributed by atoms with Gasteiger partial charge in [0.1, 0.15) is 0 Å². The molecule has 3 saturated heterocycles. The fraction of sp³-hybridized carbons (Fsp3) is 0.950. The molecule has 7 rings (SSSR count). The van der Waals surface area contributed by atoms with E-state index in [1.807, 2.05) is 0 Å². The Morgan fingerprint density at radius 3 is 2.58 bits per heavy atom. The summed E-state index contributed by atoms with van der Waals surface area (Å²) in [5, 5.41) is 26.2. The van der Waals surface area contributed by atoms with Gasteiger partial charge in [-0.3, -0.25) is 14.5 Å². The average molecular weight is 703 g/mol. The number of nitrogens with one attached hydrogen (secondary N) is 1. The van der Waals surface area contributed by atoms with Gasteiger partial charge in [0.2, 0.25) is 5.91 Å². The Morgan fingerprint density at radius 2 is 1.86 bits per heavy atom. The van der Waals surface area contributed by atoms with E-state index >= 15 is 0 Å². The van der Waals surface area contributed by atoms with Crippen LogP contribution in [0.3, 0.4) is 0 Å². The van der Waals surface area contributed by atoms with E-state index in [1.54, 1.807) is 6.92 Å². The minimum atomic E-state index is -0.855. The molecule has 7 aliphatic rings. The van der Waals surface area contributed by atoms with Crippen molar-refractivity contribution < 1.29 is 38.7 Å². The molecule has 50 heavy (non-hydrogen) atoms. The molecule has 0 aromatic heterocycles. The van der Waals surface area contributed by atoms with E-state index in [2.05, 4.69) is 44.8 Å². The van der Waals surface area contributed by atoms with Gasteiger partial charge in [0.05, 0.1) is 49.7 Å². The number of esters is 1. The molecule has 0 aromatic carbocycles. The van der Waals surface area contributed by atoms with Crippen molar-refractivity contribution in [2.24, 2.45) is 45.3 Å². The van der Waals surface area contributed by atoms with Gasteiger partial charge in [-0.25, -0.2) is 0 Å². The highest BCUT2D eigenvalue weighted by molar-refractivity contribution is 5.82. The number of carbonyl (C=O) groups excluding carboxylic acids is 2. The number of morpholine rings is 1. The van der Waals surface area contributed by atoms with Crippen LogP contribution in [0.4, 0.5) is 0 Å². The molecule has 4 aliphatic carbocycles. The van der Waals surface area contributed by atoms with Crippen molar-refractivity contribution >= 4 is 11.9 Å². The Labute approximate surface area is 300 Å². The van der Waals surface area contributed by atoms with Crippen LogP contribution in [-0.4, -0.2) is 102 Å². The smallest absolute Gasteiger partial charge is 0.303 e. The second kappa shape index (κ2) is 13.5. The van der Waals surface area contributed by atoms with Crippen LogP contribution >= 0.6 is 0 Å². The van der Waals surface area contributed by atoms with Crippen molar-refractivity contribution in [3.05, 3.63) is 0 Å². The molecule has 1 spiro atoms. The summed E-state index contributed by atoms with van der Waals surface area (Å²) in [4.78, 5) is 26.9. The van der Waals surface area contributed by atoms with Crippen LogP contribution in [0.2, 0.25) is 0 Å². The standard InChI is InChI=1S/C40H66N2O8/c1-23-20-28(33(24(2)43)48-25(3)44)49-34-32(23)38(6)15-16-40-14-8-11-30(37(4,5)26(21-40)12-13-29(40)39(38,7)35(34)45)50-31-22-42(18-19-47-31)27-10-9-17-41-36(27)46/h23-24,26-35,43,45H,8-22H2,1-7H3,(H,41,46). The van der Waals surface area contributed by atoms with Crippen molar-refractivity contribution in [2.75, 3.05) is 26.2 Å². The molecule has 7 fully saturated rings. The van der Waals surface area contributed by atoms with Gasteiger partial charge in [0.25, 0.3) is 0 Å². The van der Waals surface area contributed by atoms with Crippen LogP contribution in [0.25, 0.3) is 0 Å². The topological polar surface area (TPSA) is 127 Å². The lowest BCUT2D eigenvalue weighted by molar-refractivity contribution is -0.245. The van der Waals surface area contributed by atoms with Crippen LogP contribution in [0.15, 0.2) is 0 Å².